The summed E-state index contributed by atoms with van der Waals surface area (Å²) >= 11 is 1.41. The largest absolute Gasteiger partial charge is 0.493 e. The third-order valence-electron chi connectivity index (χ3n) is 4.60. The average Bonchev–Trinajstić information content (AvgIpc) is 3.08. The van der Waals surface area contributed by atoms with Crippen LogP contribution in [0.15, 0.2) is 18.2 Å². The lowest BCUT2D eigenvalue weighted by Gasteiger charge is -2.20. The summed E-state index contributed by atoms with van der Waals surface area (Å²) in [5, 5.41) is 5.76. The zero-order chi connectivity index (χ0) is 20.3. The van der Waals surface area contributed by atoms with E-state index < -0.39 is 11.8 Å². The van der Waals surface area contributed by atoms with Gasteiger partial charge >= 0.3 is 11.8 Å². The standard InChI is InChI=1S/C19H24N4O4S/c1-11(12-5-6-14(26-3)15(9-12)27-4)20-17(24)18(25)22-19-21-13-7-8-23(2)10-16(13)28-19/h5-6,9,11H,7-8,10H2,1-4H3,(H,20,24)(H,21,22,25). The van der Waals surface area contributed by atoms with Crippen molar-refractivity contribution in [3.63, 3.8) is 0 Å². The van der Waals surface area contributed by atoms with Crippen molar-refractivity contribution in [3.05, 3.63) is 34.3 Å². The van der Waals surface area contributed by atoms with Crippen molar-refractivity contribution < 1.29 is 19.1 Å². The van der Waals surface area contributed by atoms with Crippen LogP contribution in [0.1, 0.15) is 29.1 Å². The number of amides is 2. The molecule has 3 rings (SSSR count). The molecule has 0 bridgehead atoms. The maximum absolute atomic E-state index is 12.3. The van der Waals surface area contributed by atoms with Gasteiger partial charge in [-0.2, -0.15) is 0 Å². The molecule has 1 aliphatic heterocycles. The smallest absolute Gasteiger partial charge is 0.315 e. The van der Waals surface area contributed by atoms with Gasteiger partial charge in [0.25, 0.3) is 0 Å². The van der Waals surface area contributed by atoms with Crippen molar-refractivity contribution in [3.8, 4) is 11.5 Å². The molecule has 1 aromatic carbocycles. The van der Waals surface area contributed by atoms with Crippen molar-refractivity contribution in [1.82, 2.24) is 15.2 Å². The second kappa shape index (κ2) is 8.57. The molecule has 9 heteroatoms. The third kappa shape index (κ3) is 4.42. The van der Waals surface area contributed by atoms with Gasteiger partial charge in [-0.05, 0) is 31.7 Å². The van der Waals surface area contributed by atoms with Crippen LogP contribution in [0.4, 0.5) is 5.13 Å². The summed E-state index contributed by atoms with van der Waals surface area (Å²) in [5.74, 6) is -0.288. The van der Waals surface area contributed by atoms with Crippen molar-refractivity contribution >= 4 is 28.3 Å². The first-order valence-electron chi connectivity index (χ1n) is 8.92. The summed E-state index contributed by atoms with van der Waals surface area (Å²) in [5.41, 5.74) is 1.80. The van der Waals surface area contributed by atoms with Crippen LogP contribution in [0, 0.1) is 0 Å². The van der Waals surface area contributed by atoms with E-state index in [1.807, 2.05) is 13.1 Å². The lowest BCUT2D eigenvalue weighted by Crippen LogP contribution is -2.36. The molecule has 1 atom stereocenters. The minimum atomic E-state index is -0.730. The maximum Gasteiger partial charge on any atom is 0.315 e. The van der Waals surface area contributed by atoms with Crippen LogP contribution in [-0.2, 0) is 22.6 Å². The summed E-state index contributed by atoms with van der Waals surface area (Å²) < 4.78 is 10.5. The van der Waals surface area contributed by atoms with Gasteiger partial charge in [0.15, 0.2) is 16.6 Å². The van der Waals surface area contributed by atoms with Crippen LogP contribution >= 0.6 is 11.3 Å². The number of fused-ring (bicyclic) bond motifs is 1. The molecule has 2 amide bonds. The topological polar surface area (TPSA) is 92.8 Å². The van der Waals surface area contributed by atoms with Gasteiger partial charge in [-0.1, -0.05) is 6.07 Å². The molecule has 0 radical (unpaired) electrons. The Hall–Kier alpha value is -2.65. The molecule has 2 aromatic rings. The predicted octanol–water partition coefficient (Wildman–Crippen LogP) is 1.96. The number of hydrogen-bond acceptors (Lipinski definition) is 7. The number of rotatable bonds is 5. The first-order chi connectivity index (χ1) is 13.4. The molecular formula is C19H24N4O4S. The van der Waals surface area contributed by atoms with Crippen molar-refractivity contribution in [2.45, 2.75) is 25.9 Å². The van der Waals surface area contributed by atoms with Crippen molar-refractivity contribution in [2.75, 3.05) is 33.1 Å². The average molecular weight is 404 g/mol. The van der Waals surface area contributed by atoms with E-state index in [2.05, 4.69) is 20.5 Å². The number of nitrogens with one attached hydrogen (secondary N) is 2. The Morgan fingerprint density at radius 3 is 2.68 bits per heavy atom. The highest BCUT2D eigenvalue weighted by atomic mass is 32.1. The van der Waals surface area contributed by atoms with E-state index in [9.17, 15) is 9.59 Å². The van der Waals surface area contributed by atoms with Crippen LogP contribution in [-0.4, -0.2) is 49.5 Å². The van der Waals surface area contributed by atoms with Gasteiger partial charge in [0.2, 0.25) is 0 Å². The minimum Gasteiger partial charge on any atom is -0.493 e. The Kier molecular flexibility index (Phi) is 6.15. The highest BCUT2D eigenvalue weighted by molar-refractivity contribution is 7.16. The number of nitrogens with zero attached hydrogens (tertiary/aromatic N) is 2. The number of benzene rings is 1. The number of ether oxygens (including phenoxy) is 2. The Morgan fingerprint density at radius 1 is 1.21 bits per heavy atom. The van der Waals surface area contributed by atoms with Gasteiger partial charge in [-0.3, -0.25) is 14.9 Å². The van der Waals surface area contributed by atoms with E-state index in [1.165, 1.54) is 11.3 Å². The normalized spacial score (nSPS) is 14.7. The molecule has 0 aliphatic carbocycles. The monoisotopic (exact) mass is 404 g/mol. The molecule has 1 aromatic heterocycles. The molecule has 1 aliphatic rings. The number of thiazole rings is 1. The van der Waals surface area contributed by atoms with E-state index in [0.717, 1.165) is 35.6 Å². The molecule has 28 heavy (non-hydrogen) atoms. The Balaban J connectivity index is 1.62. The number of likely N-dealkylation sites (N-methyl/N-ethyl adjacent to an activating group) is 1. The van der Waals surface area contributed by atoms with Gasteiger partial charge < -0.3 is 19.7 Å². The Bertz CT molecular complexity index is 883. The van der Waals surface area contributed by atoms with Crippen LogP contribution in [0.5, 0.6) is 11.5 Å². The lowest BCUT2D eigenvalue weighted by molar-refractivity contribution is -0.136. The lowest BCUT2D eigenvalue weighted by atomic mass is 10.1. The fourth-order valence-electron chi connectivity index (χ4n) is 3.00. The number of anilines is 1. The fourth-order valence-corrected chi connectivity index (χ4v) is 4.08. The van der Waals surface area contributed by atoms with Gasteiger partial charge in [-0.15, -0.1) is 11.3 Å². The molecule has 2 heterocycles. The molecule has 0 saturated heterocycles. The van der Waals surface area contributed by atoms with Gasteiger partial charge in [0.05, 0.1) is 26.0 Å². The number of methoxy groups -OCH3 is 2. The summed E-state index contributed by atoms with van der Waals surface area (Å²) in [4.78, 5) is 32.3. The molecule has 150 valence electrons. The highest BCUT2D eigenvalue weighted by Gasteiger charge is 2.22. The zero-order valence-corrected chi connectivity index (χ0v) is 17.2. The van der Waals surface area contributed by atoms with Gasteiger partial charge in [0, 0.05) is 24.4 Å². The quantitative estimate of drug-likeness (QED) is 0.740. The van der Waals surface area contributed by atoms with E-state index in [1.54, 1.807) is 33.3 Å². The molecule has 2 N–H and O–H groups in total. The SMILES string of the molecule is COc1ccc(C(C)NC(=O)C(=O)Nc2nc3c(s2)CN(C)CC3)cc1OC. The summed E-state index contributed by atoms with van der Waals surface area (Å²) in [6, 6.07) is 4.97. The second-order valence-corrected chi connectivity index (χ2v) is 7.72. The maximum atomic E-state index is 12.3. The Labute approximate surface area is 167 Å². The first kappa shape index (κ1) is 20.1. The molecule has 1 unspecified atom stereocenters. The number of carbonyl (C=O) groups excluding carboxylic acids is 2. The molecule has 8 nitrogen and oxygen atoms in total. The predicted molar refractivity (Wildman–Crippen MR) is 107 cm³/mol. The Morgan fingerprint density at radius 2 is 1.96 bits per heavy atom. The number of hydrogen-bond donors (Lipinski definition) is 2. The highest BCUT2D eigenvalue weighted by Crippen LogP contribution is 2.30. The second-order valence-electron chi connectivity index (χ2n) is 6.64. The van der Waals surface area contributed by atoms with E-state index >= 15 is 0 Å². The number of carbonyl (C=O) groups is 2. The summed E-state index contributed by atoms with van der Waals surface area (Å²) in [6.07, 6.45) is 0.848. The third-order valence-corrected chi connectivity index (χ3v) is 5.60. The molecular weight excluding hydrogens is 380 g/mol. The fraction of sp³-hybridized carbons (Fsp3) is 0.421. The first-order valence-corrected chi connectivity index (χ1v) is 9.73. The van der Waals surface area contributed by atoms with E-state index in [0.29, 0.717) is 16.6 Å². The van der Waals surface area contributed by atoms with Gasteiger partial charge in [0.1, 0.15) is 0 Å². The minimum absolute atomic E-state index is 0.379. The summed E-state index contributed by atoms with van der Waals surface area (Å²) in [7, 11) is 5.15. The zero-order valence-electron chi connectivity index (χ0n) is 16.4. The number of aromatic nitrogens is 1. The van der Waals surface area contributed by atoms with E-state index in [-0.39, 0.29) is 6.04 Å². The van der Waals surface area contributed by atoms with Crippen molar-refractivity contribution in [2.24, 2.45) is 0 Å². The van der Waals surface area contributed by atoms with Crippen LogP contribution < -0.4 is 20.1 Å². The summed E-state index contributed by atoms with van der Waals surface area (Å²) in [6.45, 7) is 3.54. The van der Waals surface area contributed by atoms with Crippen LogP contribution in [0.3, 0.4) is 0 Å². The molecule has 0 spiro atoms. The van der Waals surface area contributed by atoms with E-state index in [4.69, 9.17) is 9.47 Å². The van der Waals surface area contributed by atoms with Gasteiger partial charge in [-0.25, -0.2) is 4.98 Å². The van der Waals surface area contributed by atoms with Crippen LogP contribution in [0.25, 0.3) is 0 Å². The van der Waals surface area contributed by atoms with Crippen molar-refractivity contribution in [1.29, 1.82) is 0 Å². The molecule has 0 fully saturated rings. The van der Waals surface area contributed by atoms with Crippen LogP contribution in [0.2, 0.25) is 0 Å². The molecule has 0 saturated carbocycles.